The molecule has 0 aromatic heterocycles. The van der Waals surface area contributed by atoms with Gasteiger partial charge in [0.15, 0.2) is 0 Å². The number of carboxylic acid groups (broad SMARTS) is 1. The first-order chi connectivity index (χ1) is 10.3. The maximum absolute atomic E-state index is 12.5. The number of imide groups is 1. The predicted octanol–water partition coefficient (Wildman–Crippen LogP) is 0.735. The SMILES string of the molecule is CC(C)c1cccc2c1C(=O)N(C(CC(N)=O)C(=O)O)C2=O. The zero-order valence-electron chi connectivity index (χ0n) is 12.2. The van der Waals surface area contributed by atoms with Gasteiger partial charge >= 0.3 is 5.97 Å². The van der Waals surface area contributed by atoms with Crippen molar-refractivity contribution in [2.75, 3.05) is 0 Å². The van der Waals surface area contributed by atoms with Crippen LogP contribution in [-0.4, -0.2) is 39.7 Å². The number of carbonyl (C=O) groups is 4. The number of fused-ring (bicyclic) bond motifs is 1. The third kappa shape index (κ3) is 2.45. The van der Waals surface area contributed by atoms with Crippen LogP contribution in [0.4, 0.5) is 0 Å². The Morgan fingerprint density at radius 3 is 2.36 bits per heavy atom. The molecule has 7 nitrogen and oxygen atoms in total. The third-order valence-corrected chi connectivity index (χ3v) is 3.59. The van der Waals surface area contributed by atoms with Gasteiger partial charge in [-0.05, 0) is 17.5 Å². The minimum absolute atomic E-state index is 0.00827. The summed E-state index contributed by atoms with van der Waals surface area (Å²) in [6.45, 7) is 3.74. The molecule has 22 heavy (non-hydrogen) atoms. The summed E-state index contributed by atoms with van der Waals surface area (Å²) in [5.41, 5.74) is 6.06. The van der Waals surface area contributed by atoms with E-state index in [-0.39, 0.29) is 17.0 Å². The Morgan fingerprint density at radius 1 is 1.23 bits per heavy atom. The fraction of sp³-hybridized carbons (Fsp3) is 0.333. The van der Waals surface area contributed by atoms with Crippen LogP contribution in [0.15, 0.2) is 18.2 Å². The molecule has 0 aliphatic carbocycles. The van der Waals surface area contributed by atoms with E-state index in [4.69, 9.17) is 5.73 Å². The van der Waals surface area contributed by atoms with Crippen molar-refractivity contribution >= 4 is 23.7 Å². The number of amides is 3. The van der Waals surface area contributed by atoms with Gasteiger partial charge in [-0.2, -0.15) is 0 Å². The van der Waals surface area contributed by atoms with Gasteiger partial charge in [0, 0.05) is 0 Å². The standard InChI is InChI=1S/C15H16N2O5/c1-7(2)8-4-3-5-9-12(8)14(20)17(13(9)19)10(15(21)22)6-11(16)18/h3-5,7,10H,6H2,1-2H3,(H2,16,18)(H,21,22). The Morgan fingerprint density at radius 2 is 1.86 bits per heavy atom. The first-order valence-electron chi connectivity index (χ1n) is 6.77. The van der Waals surface area contributed by atoms with Gasteiger partial charge in [-0.3, -0.25) is 19.3 Å². The Hall–Kier alpha value is -2.70. The predicted molar refractivity (Wildman–Crippen MR) is 76.3 cm³/mol. The highest BCUT2D eigenvalue weighted by Gasteiger charge is 2.44. The number of nitrogens with two attached hydrogens (primary N) is 1. The lowest BCUT2D eigenvalue weighted by Crippen LogP contribution is -2.46. The molecule has 3 N–H and O–H groups in total. The largest absolute Gasteiger partial charge is 0.480 e. The molecular formula is C15H16N2O5. The smallest absolute Gasteiger partial charge is 0.327 e. The number of carboxylic acids is 1. The lowest BCUT2D eigenvalue weighted by Gasteiger charge is -2.21. The molecule has 1 unspecified atom stereocenters. The zero-order valence-corrected chi connectivity index (χ0v) is 12.2. The zero-order chi connectivity index (χ0) is 16.6. The summed E-state index contributed by atoms with van der Waals surface area (Å²) < 4.78 is 0. The van der Waals surface area contributed by atoms with Crippen molar-refractivity contribution in [3.63, 3.8) is 0 Å². The van der Waals surface area contributed by atoms with E-state index in [1.54, 1.807) is 12.1 Å². The molecule has 7 heteroatoms. The van der Waals surface area contributed by atoms with Crippen molar-refractivity contribution < 1.29 is 24.3 Å². The molecule has 2 rings (SSSR count). The van der Waals surface area contributed by atoms with E-state index in [1.165, 1.54) is 6.07 Å². The molecule has 116 valence electrons. The molecule has 1 aromatic carbocycles. The summed E-state index contributed by atoms with van der Waals surface area (Å²) in [5, 5.41) is 9.22. The van der Waals surface area contributed by atoms with Gasteiger partial charge in [-0.1, -0.05) is 26.0 Å². The minimum atomic E-state index is -1.59. The first kappa shape index (κ1) is 15.7. The molecule has 3 amide bonds. The summed E-state index contributed by atoms with van der Waals surface area (Å²) in [4.78, 5) is 47.9. The van der Waals surface area contributed by atoms with Crippen molar-refractivity contribution in [2.45, 2.75) is 32.2 Å². The second-order valence-corrected chi connectivity index (χ2v) is 5.43. The number of nitrogens with zero attached hydrogens (tertiary/aromatic N) is 1. The van der Waals surface area contributed by atoms with Crippen LogP contribution in [-0.2, 0) is 9.59 Å². The average Bonchev–Trinajstić information content (AvgIpc) is 2.68. The molecule has 1 aliphatic rings. The highest BCUT2D eigenvalue weighted by atomic mass is 16.4. The van der Waals surface area contributed by atoms with E-state index in [0.717, 1.165) is 0 Å². The van der Waals surface area contributed by atoms with E-state index >= 15 is 0 Å². The molecule has 0 saturated carbocycles. The fourth-order valence-electron chi connectivity index (χ4n) is 2.57. The van der Waals surface area contributed by atoms with Crippen LogP contribution in [0.1, 0.15) is 52.5 Å². The van der Waals surface area contributed by atoms with Gasteiger partial charge in [0.05, 0.1) is 17.5 Å². The molecule has 0 bridgehead atoms. The van der Waals surface area contributed by atoms with Crippen LogP contribution in [0, 0.1) is 0 Å². The van der Waals surface area contributed by atoms with Crippen LogP contribution >= 0.6 is 0 Å². The van der Waals surface area contributed by atoms with Crippen LogP contribution in [0.5, 0.6) is 0 Å². The lowest BCUT2D eigenvalue weighted by atomic mass is 9.94. The van der Waals surface area contributed by atoms with Gasteiger partial charge in [-0.25, -0.2) is 4.79 Å². The van der Waals surface area contributed by atoms with Gasteiger partial charge < -0.3 is 10.8 Å². The highest BCUT2D eigenvalue weighted by Crippen LogP contribution is 2.31. The summed E-state index contributed by atoms with van der Waals surface area (Å²) >= 11 is 0. The number of aliphatic carboxylic acids is 1. The molecule has 0 saturated heterocycles. The Kier molecular flexibility index (Phi) is 3.99. The van der Waals surface area contributed by atoms with Gasteiger partial charge in [0.1, 0.15) is 6.04 Å². The maximum atomic E-state index is 12.5. The van der Waals surface area contributed by atoms with Crippen LogP contribution in [0.2, 0.25) is 0 Å². The average molecular weight is 304 g/mol. The molecule has 1 heterocycles. The van der Waals surface area contributed by atoms with E-state index in [1.807, 2.05) is 13.8 Å². The normalized spacial score (nSPS) is 15.1. The minimum Gasteiger partial charge on any atom is -0.480 e. The van der Waals surface area contributed by atoms with Crippen molar-refractivity contribution in [2.24, 2.45) is 5.73 Å². The Balaban J connectivity index is 2.52. The van der Waals surface area contributed by atoms with E-state index in [0.29, 0.717) is 10.5 Å². The maximum Gasteiger partial charge on any atom is 0.327 e. The van der Waals surface area contributed by atoms with E-state index in [9.17, 15) is 24.3 Å². The number of hydrogen-bond acceptors (Lipinski definition) is 4. The van der Waals surface area contributed by atoms with Crippen LogP contribution in [0.3, 0.4) is 0 Å². The summed E-state index contributed by atoms with van der Waals surface area (Å²) in [6, 6.07) is 3.25. The van der Waals surface area contributed by atoms with Crippen LogP contribution < -0.4 is 5.73 Å². The number of rotatable bonds is 5. The Labute approximate surface area is 126 Å². The molecule has 1 aliphatic heterocycles. The summed E-state index contributed by atoms with van der Waals surface area (Å²) in [5.74, 6) is -3.76. The van der Waals surface area contributed by atoms with Gasteiger partial charge in [0.2, 0.25) is 5.91 Å². The summed E-state index contributed by atoms with van der Waals surface area (Å²) in [6.07, 6.45) is -0.613. The molecule has 0 spiro atoms. The first-order valence-corrected chi connectivity index (χ1v) is 6.77. The molecule has 0 radical (unpaired) electrons. The quantitative estimate of drug-likeness (QED) is 0.778. The summed E-state index contributed by atoms with van der Waals surface area (Å²) in [7, 11) is 0. The van der Waals surface area contributed by atoms with Crippen LogP contribution in [0.25, 0.3) is 0 Å². The molecule has 1 atom stereocenters. The molecular weight excluding hydrogens is 288 g/mol. The van der Waals surface area contributed by atoms with Crippen molar-refractivity contribution in [1.29, 1.82) is 0 Å². The molecule has 1 aromatic rings. The molecule has 0 fully saturated rings. The second-order valence-electron chi connectivity index (χ2n) is 5.43. The van der Waals surface area contributed by atoms with Gasteiger partial charge in [-0.15, -0.1) is 0 Å². The number of benzene rings is 1. The monoisotopic (exact) mass is 304 g/mol. The number of primary amides is 1. The Bertz CT molecular complexity index is 681. The fourth-order valence-corrected chi connectivity index (χ4v) is 2.57. The van der Waals surface area contributed by atoms with Gasteiger partial charge in [0.25, 0.3) is 11.8 Å². The van der Waals surface area contributed by atoms with Crippen molar-refractivity contribution in [1.82, 2.24) is 4.90 Å². The third-order valence-electron chi connectivity index (χ3n) is 3.59. The topological polar surface area (TPSA) is 118 Å². The lowest BCUT2D eigenvalue weighted by molar-refractivity contribution is -0.143. The number of carbonyl (C=O) groups excluding carboxylic acids is 3. The van der Waals surface area contributed by atoms with Crippen molar-refractivity contribution in [3.05, 3.63) is 34.9 Å². The second kappa shape index (κ2) is 5.59. The van der Waals surface area contributed by atoms with Crippen molar-refractivity contribution in [3.8, 4) is 0 Å². The van der Waals surface area contributed by atoms with E-state index in [2.05, 4.69) is 0 Å². The number of hydrogen-bond donors (Lipinski definition) is 2. The highest BCUT2D eigenvalue weighted by molar-refractivity contribution is 6.23. The van der Waals surface area contributed by atoms with E-state index < -0.39 is 36.2 Å².